The Balaban J connectivity index is 1.86. The number of nitriles is 1. The summed E-state index contributed by atoms with van der Waals surface area (Å²) in [4.78, 5) is 23.8. The van der Waals surface area contributed by atoms with Crippen LogP contribution in [0.3, 0.4) is 0 Å². The van der Waals surface area contributed by atoms with Crippen LogP contribution in [0, 0.1) is 17.2 Å². The lowest BCUT2D eigenvalue weighted by Crippen LogP contribution is -2.20. The summed E-state index contributed by atoms with van der Waals surface area (Å²) in [5, 5.41) is 13.6. The third-order valence-electron chi connectivity index (χ3n) is 3.21. The van der Waals surface area contributed by atoms with Crippen molar-refractivity contribution in [3.8, 4) is 6.07 Å². The summed E-state index contributed by atoms with van der Waals surface area (Å²) in [6.45, 7) is 3.87. The first kappa shape index (κ1) is 17.7. The first-order valence-electron chi connectivity index (χ1n) is 7.53. The number of amides is 1. The Kier molecular flexibility index (Phi) is 6.10. The number of nitrogens with zero attached hydrogens (tertiary/aromatic N) is 1. The van der Waals surface area contributed by atoms with Gasteiger partial charge < -0.3 is 10.1 Å². The molecule has 0 saturated heterocycles. The molecule has 0 radical (unpaired) electrons. The zero-order chi connectivity index (χ0) is 17.5. The number of carbonyl (C=O) groups is 2. The van der Waals surface area contributed by atoms with E-state index in [0.717, 1.165) is 12.0 Å². The number of benzene rings is 1. The average molecular weight is 342 g/mol. The number of esters is 1. The summed E-state index contributed by atoms with van der Waals surface area (Å²) in [5.41, 5.74) is 1.95. The van der Waals surface area contributed by atoms with Crippen LogP contribution in [0.4, 0.5) is 5.00 Å². The van der Waals surface area contributed by atoms with Crippen molar-refractivity contribution < 1.29 is 14.3 Å². The van der Waals surface area contributed by atoms with Gasteiger partial charge in [0.15, 0.2) is 6.61 Å². The van der Waals surface area contributed by atoms with Gasteiger partial charge in [-0.2, -0.15) is 5.26 Å². The van der Waals surface area contributed by atoms with Gasteiger partial charge in [0.2, 0.25) is 0 Å². The van der Waals surface area contributed by atoms with Gasteiger partial charge in [-0.25, -0.2) is 4.79 Å². The van der Waals surface area contributed by atoms with Crippen molar-refractivity contribution in [1.82, 2.24) is 0 Å². The SMILES string of the molecule is CC(C)Cc1ccc(C(=O)OCC(=O)Nc2sccc2C#N)cc1. The smallest absolute Gasteiger partial charge is 0.338 e. The molecule has 0 atom stereocenters. The highest BCUT2D eigenvalue weighted by Crippen LogP contribution is 2.21. The molecule has 2 aromatic rings. The standard InChI is InChI=1S/C18H18N2O3S/c1-12(2)9-13-3-5-14(6-4-13)18(22)23-11-16(21)20-17-15(10-19)7-8-24-17/h3-8,12H,9,11H2,1-2H3,(H,20,21). The van der Waals surface area contributed by atoms with Crippen LogP contribution in [-0.2, 0) is 16.0 Å². The molecule has 0 aliphatic rings. The number of hydrogen-bond acceptors (Lipinski definition) is 5. The van der Waals surface area contributed by atoms with Gasteiger partial charge in [0.25, 0.3) is 5.91 Å². The molecule has 5 nitrogen and oxygen atoms in total. The van der Waals surface area contributed by atoms with Crippen LogP contribution in [0.1, 0.15) is 35.3 Å². The van der Waals surface area contributed by atoms with Gasteiger partial charge in [-0.15, -0.1) is 11.3 Å². The maximum absolute atomic E-state index is 12.0. The fraction of sp³-hybridized carbons (Fsp3) is 0.278. The Morgan fingerprint density at radius 3 is 2.58 bits per heavy atom. The minimum Gasteiger partial charge on any atom is -0.452 e. The van der Waals surface area contributed by atoms with Crippen LogP contribution in [0.15, 0.2) is 35.7 Å². The number of hydrogen-bond donors (Lipinski definition) is 1. The first-order valence-corrected chi connectivity index (χ1v) is 8.41. The van der Waals surface area contributed by atoms with Crippen molar-refractivity contribution in [2.24, 2.45) is 5.92 Å². The molecule has 1 N–H and O–H groups in total. The highest BCUT2D eigenvalue weighted by atomic mass is 32.1. The molecule has 1 aromatic carbocycles. The Morgan fingerprint density at radius 1 is 1.25 bits per heavy atom. The molecule has 0 saturated carbocycles. The van der Waals surface area contributed by atoms with E-state index in [1.165, 1.54) is 11.3 Å². The van der Waals surface area contributed by atoms with Crippen molar-refractivity contribution in [1.29, 1.82) is 5.26 Å². The Hall–Kier alpha value is -2.65. The van der Waals surface area contributed by atoms with Crippen molar-refractivity contribution in [2.75, 3.05) is 11.9 Å². The third-order valence-corrected chi connectivity index (χ3v) is 4.04. The van der Waals surface area contributed by atoms with E-state index in [1.807, 2.05) is 18.2 Å². The van der Waals surface area contributed by atoms with E-state index in [1.54, 1.807) is 23.6 Å². The molecule has 0 spiro atoms. The lowest BCUT2D eigenvalue weighted by Gasteiger charge is -2.07. The number of thiophene rings is 1. The predicted octanol–water partition coefficient (Wildman–Crippen LogP) is 3.61. The summed E-state index contributed by atoms with van der Waals surface area (Å²) in [6, 6.07) is 10.8. The minimum absolute atomic E-state index is 0.389. The monoisotopic (exact) mass is 342 g/mol. The highest BCUT2D eigenvalue weighted by Gasteiger charge is 2.12. The molecule has 1 amide bonds. The fourth-order valence-corrected chi connectivity index (χ4v) is 2.87. The molecule has 0 aliphatic carbocycles. The van der Waals surface area contributed by atoms with Gasteiger partial charge in [0.05, 0.1) is 11.1 Å². The lowest BCUT2D eigenvalue weighted by molar-refractivity contribution is -0.119. The van der Waals surface area contributed by atoms with Gasteiger partial charge in [0, 0.05) is 0 Å². The molecule has 124 valence electrons. The van der Waals surface area contributed by atoms with Gasteiger partial charge in [-0.05, 0) is 41.5 Å². The number of nitrogens with one attached hydrogen (secondary N) is 1. The van der Waals surface area contributed by atoms with E-state index in [4.69, 9.17) is 10.00 Å². The van der Waals surface area contributed by atoms with Crippen molar-refractivity contribution in [3.05, 3.63) is 52.4 Å². The van der Waals surface area contributed by atoms with Crippen LogP contribution >= 0.6 is 11.3 Å². The van der Waals surface area contributed by atoms with E-state index in [9.17, 15) is 9.59 Å². The molecule has 0 fully saturated rings. The fourth-order valence-electron chi connectivity index (χ4n) is 2.12. The highest BCUT2D eigenvalue weighted by molar-refractivity contribution is 7.14. The summed E-state index contributed by atoms with van der Waals surface area (Å²) in [6.07, 6.45) is 0.944. The molecule has 0 unspecified atom stereocenters. The molecule has 1 heterocycles. The van der Waals surface area contributed by atoms with E-state index >= 15 is 0 Å². The first-order chi connectivity index (χ1) is 11.5. The van der Waals surface area contributed by atoms with Crippen molar-refractivity contribution in [3.63, 3.8) is 0 Å². The number of anilines is 1. The van der Waals surface area contributed by atoms with E-state index in [2.05, 4.69) is 19.2 Å². The van der Waals surface area contributed by atoms with Crippen LogP contribution < -0.4 is 5.32 Å². The third kappa shape index (κ3) is 4.93. The Bertz CT molecular complexity index is 757. The van der Waals surface area contributed by atoms with Crippen LogP contribution in [0.25, 0.3) is 0 Å². The minimum atomic E-state index is -0.548. The summed E-state index contributed by atoms with van der Waals surface area (Å²) >= 11 is 1.24. The summed E-state index contributed by atoms with van der Waals surface area (Å²) in [7, 11) is 0. The van der Waals surface area contributed by atoms with E-state index in [0.29, 0.717) is 22.0 Å². The van der Waals surface area contributed by atoms with Gasteiger partial charge in [-0.1, -0.05) is 26.0 Å². The zero-order valence-electron chi connectivity index (χ0n) is 13.5. The molecule has 6 heteroatoms. The average Bonchev–Trinajstić information content (AvgIpc) is 3.00. The molecule has 1 aromatic heterocycles. The summed E-state index contributed by atoms with van der Waals surface area (Å²) < 4.78 is 5.00. The van der Waals surface area contributed by atoms with Crippen molar-refractivity contribution in [2.45, 2.75) is 20.3 Å². The summed E-state index contributed by atoms with van der Waals surface area (Å²) in [5.74, 6) is -0.478. The largest absolute Gasteiger partial charge is 0.452 e. The maximum atomic E-state index is 12.0. The normalized spacial score (nSPS) is 10.2. The topological polar surface area (TPSA) is 79.2 Å². The molecule has 0 bridgehead atoms. The second kappa shape index (κ2) is 8.27. The van der Waals surface area contributed by atoms with Gasteiger partial charge in [0.1, 0.15) is 11.1 Å². The number of carbonyl (C=O) groups excluding carboxylic acids is 2. The lowest BCUT2D eigenvalue weighted by atomic mass is 10.0. The quantitative estimate of drug-likeness (QED) is 0.813. The van der Waals surface area contributed by atoms with Crippen molar-refractivity contribution >= 4 is 28.2 Å². The molecular weight excluding hydrogens is 324 g/mol. The van der Waals surface area contributed by atoms with Crippen LogP contribution in [0.5, 0.6) is 0 Å². The Labute approximate surface area is 144 Å². The van der Waals surface area contributed by atoms with Gasteiger partial charge >= 0.3 is 5.97 Å². The van der Waals surface area contributed by atoms with E-state index in [-0.39, 0.29) is 0 Å². The van der Waals surface area contributed by atoms with Gasteiger partial charge in [-0.3, -0.25) is 4.79 Å². The Morgan fingerprint density at radius 2 is 1.96 bits per heavy atom. The predicted molar refractivity (Wildman–Crippen MR) is 92.9 cm³/mol. The number of rotatable bonds is 6. The maximum Gasteiger partial charge on any atom is 0.338 e. The van der Waals surface area contributed by atoms with Crippen LogP contribution in [-0.4, -0.2) is 18.5 Å². The van der Waals surface area contributed by atoms with Crippen LogP contribution in [0.2, 0.25) is 0 Å². The molecular formula is C18H18N2O3S. The van der Waals surface area contributed by atoms with E-state index < -0.39 is 18.5 Å². The molecule has 2 rings (SSSR count). The molecule has 24 heavy (non-hydrogen) atoms. The number of ether oxygens (including phenoxy) is 1. The zero-order valence-corrected chi connectivity index (χ0v) is 14.4. The second-order valence-electron chi connectivity index (χ2n) is 5.69. The molecule has 0 aliphatic heterocycles. The second-order valence-corrected chi connectivity index (χ2v) is 6.61.